The Bertz CT molecular complexity index is 690. The standard InChI is InChI=1S/C13H9Cl3N2O2/c14-7-4-9(16)12(5-8(7)15)20-11-2-1-6(13(18)19)3-10(11)17/h1-5H,17H2,(H2,18,19). The van der Waals surface area contributed by atoms with E-state index >= 15 is 0 Å². The fraction of sp³-hybridized carbons (Fsp3) is 0. The maximum absolute atomic E-state index is 11.0. The van der Waals surface area contributed by atoms with Crippen LogP contribution < -0.4 is 16.2 Å². The Morgan fingerprint density at radius 2 is 1.60 bits per heavy atom. The van der Waals surface area contributed by atoms with Gasteiger partial charge >= 0.3 is 0 Å². The van der Waals surface area contributed by atoms with Crippen LogP contribution in [-0.2, 0) is 0 Å². The molecule has 0 spiro atoms. The number of anilines is 1. The Labute approximate surface area is 130 Å². The molecule has 0 bridgehead atoms. The zero-order valence-corrected chi connectivity index (χ0v) is 12.3. The third-order valence-corrected chi connectivity index (χ3v) is 3.51. The van der Waals surface area contributed by atoms with Crippen molar-refractivity contribution in [1.82, 2.24) is 0 Å². The SMILES string of the molecule is NC(=O)c1ccc(Oc2cc(Cl)c(Cl)cc2Cl)c(N)c1. The number of rotatable bonds is 3. The van der Waals surface area contributed by atoms with Crippen LogP contribution in [0.15, 0.2) is 30.3 Å². The van der Waals surface area contributed by atoms with Crippen molar-refractivity contribution in [2.45, 2.75) is 0 Å². The predicted molar refractivity (Wildman–Crippen MR) is 80.9 cm³/mol. The molecule has 0 aliphatic carbocycles. The van der Waals surface area contributed by atoms with E-state index in [1.807, 2.05) is 0 Å². The van der Waals surface area contributed by atoms with E-state index in [9.17, 15) is 4.79 Å². The molecular weight excluding hydrogens is 323 g/mol. The Morgan fingerprint density at radius 1 is 0.950 bits per heavy atom. The molecule has 0 saturated carbocycles. The number of nitrogen functional groups attached to an aromatic ring is 1. The first-order valence-corrected chi connectivity index (χ1v) is 6.53. The van der Waals surface area contributed by atoms with Crippen LogP contribution in [0.2, 0.25) is 15.1 Å². The van der Waals surface area contributed by atoms with E-state index in [4.69, 9.17) is 51.0 Å². The molecule has 2 aromatic carbocycles. The van der Waals surface area contributed by atoms with Crippen molar-refractivity contribution in [3.05, 3.63) is 51.0 Å². The Hall–Kier alpha value is -1.62. The molecule has 1 amide bonds. The zero-order valence-electron chi connectivity index (χ0n) is 9.99. The average molecular weight is 332 g/mol. The van der Waals surface area contributed by atoms with Crippen molar-refractivity contribution in [2.24, 2.45) is 5.73 Å². The Morgan fingerprint density at radius 3 is 2.20 bits per heavy atom. The predicted octanol–water partition coefficient (Wildman–Crippen LogP) is 4.12. The van der Waals surface area contributed by atoms with Crippen LogP contribution in [-0.4, -0.2) is 5.91 Å². The first-order valence-electron chi connectivity index (χ1n) is 5.40. The fourth-order valence-electron chi connectivity index (χ4n) is 1.50. The van der Waals surface area contributed by atoms with Gasteiger partial charge in [0.15, 0.2) is 0 Å². The van der Waals surface area contributed by atoms with Crippen LogP contribution in [0.1, 0.15) is 10.4 Å². The largest absolute Gasteiger partial charge is 0.454 e. The summed E-state index contributed by atoms with van der Waals surface area (Å²) in [4.78, 5) is 11.0. The van der Waals surface area contributed by atoms with Gasteiger partial charge in [-0.2, -0.15) is 0 Å². The molecule has 2 aromatic rings. The summed E-state index contributed by atoms with van der Waals surface area (Å²) >= 11 is 17.7. The second kappa shape index (κ2) is 5.79. The van der Waals surface area contributed by atoms with Crippen LogP contribution in [0.4, 0.5) is 5.69 Å². The van der Waals surface area contributed by atoms with Gasteiger partial charge in [0.2, 0.25) is 5.91 Å². The summed E-state index contributed by atoms with van der Waals surface area (Å²) in [6.45, 7) is 0. The monoisotopic (exact) mass is 330 g/mol. The van der Waals surface area contributed by atoms with Crippen molar-refractivity contribution in [2.75, 3.05) is 5.73 Å². The molecule has 20 heavy (non-hydrogen) atoms. The van der Waals surface area contributed by atoms with Crippen molar-refractivity contribution in [3.63, 3.8) is 0 Å². The summed E-state index contributed by atoms with van der Waals surface area (Å²) in [5.41, 5.74) is 11.5. The number of amides is 1. The highest BCUT2D eigenvalue weighted by molar-refractivity contribution is 6.43. The number of carbonyl (C=O) groups is 1. The van der Waals surface area contributed by atoms with Gasteiger partial charge in [-0.3, -0.25) is 4.79 Å². The molecule has 0 aliphatic rings. The number of benzene rings is 2. The van der Waals surface area contributed by atoms with Gasteiger partial charge in [-0.25, -0.2) is 0 Å². The Kier molecular flexibility index (Phi) is 4.28. The molecule has 0 atom stereocenters. The number of hydrogen-bond donors (Lipinski definition) is 2. The second-order valence-corrected chi connectivity index (χ2v) is 5.14. The molecule has 0 aliphatic heterocycles. The number of nitrogens with two attached hydrogens (primary N) is 2. The average Bonchev–Trinajstić information content (AvgIpc) is 2.37. The lowest BCUT2D eigenvalue weighted by atomic mass is 10.2. The van der Waals surface area contributed by atoms with Gasteiger partial charge in [0.25, 0.3) is 0 Å². The van der Waals surface area contributed by atoms with E-state index in [1.165, 1.54) is 30.3 Å². The number of halogens is 3. The van der Waals surface area contributed by atoms with Gasteiger partial charge in [-0.15, -0.1) is 0 Å². The number of primary amides is 1. The molecule has 0 fully saturated rings. The lowest BCUT2D eigenvalue weighted by Crippen LogP contribution is -2.11. The second-order valence-electron chi connectivity index (χ2n) is 3.92. The summed E-state index contributed by atoms with van der Waals surface area (Å²) in [6, 6.07) is 7.39. The minimum atomic E-state index is -0.573. The first-order chi connectivity index (χ1) is 9.38. The smallest absolute Gasteiger partial charge is 0.248 e. The number of hydrogen-bond acceptors (Lipinski definition) is 3. The van der Waals surface area contributed by atoms with E-state index < -0.39 is 5.91 Å². The topological polar surface area (TPSA) is 78.3 Å². The number of carbonyl (C=O) groups excluding carboxylic acids is 1. The molecule has 0 aromatic heterocycles. The molecular formula is C13H9Cl3N2O2. The van der Waals surface area contributed by atoms with Crippen molar-refractivity contribution in [1.29, 1.82) is 0 Å². The molecule has 104 valence electrons. The van der Waals surface area contributed by atoms with Crippen LogP contribution in [0.3, 0.4) is 0 Å². The summed E-state index contributed by atoms with van der Waals surface area (Å²) in [7, 11) is 0. The molecule has 2 rings (SSSR count). The maximum atomic E-state index is 11.0. The lowest BCUT2D eigenvalue weighted by molar-refractivity contribution is 0.100. The van der Waals surface area contributed by atoms with E-state index in [2.05, 4.69) is 0 Å². The summed E-state index contributed by atoms with van der Waals surface area (Å²) in [5.74, 6) is 0.0608. The molecule has 0 saturated heterocycles. The molecule has 4 N–H and O–H groups in total. The van der Waals surface area contributed by atoms with Gasteiger partial charge in [-0.1, -0.05) is 34.8 Å². The summed E-state index contributed by atoms with van der Waals surface area (Å²) in [6.07, 6.45) is 0. The van der Waals surface area contributed by atoms with E-state index in [-0.39, 0.29) is 16.3 Å². The van der Waals surface area contributed by atoms with Crippen LogP contribution in [0, 0.1) is 0 Å². The van der Waals surface area contributed by atoms with Crippen LogP contribution >= 0.6 is 34.8 Å². The lowest BCUT2D eigenvalue weighted by Gasteiger charge is -2.11. The third-order valence-electron chi connectivity index (χ3n) is 2.49. The van der Waals surface area contributed by atoms with Crippen molar-refractivity contribution >= 4 is 46.4 Å². The summed E-state index contributed by atoms with van der Waals surface area (Å²) < 4.78 is 5.56. The van der Waals surface area contributed by atoms with Crippen molar-refractivity contribution in [3.8, 4) is 11.5 Å². The molecule has 4 nitrogen and oxygen atoms in total. The van der Waals surface area contributed by atoms with E-state index in [0.29, 0.717) is 21.5 Å². The summed E-state index contributed by atoms with van der Waals surface area (Å²) in [5, 5.41) is 0.914. The molecule has 0 radical (unpaired) electrons. The number of ether oxygens (including phenoxy) is 1. The minimum Gasteiger partial charge on any atom is -0.454 e. The Balaban J connectivity index is 2.35. The van der Waals surface area contributed by atoms with Gasteiger partial charge < -0.3 is 16.2 Å². The highest BCUT2D eigenvalue weighted by atomic mass is 35.5. The van der Waals surface area contributed by atoms with Crippen molar-refractivity contribution < 1.29 is 9.53 Å². The fourth-order valence-corrected chi connectivity index (χ4v) is 2.07. The first kappa shape index (κ1) is 14.8. The van der Waals surface area contributed by atoms with Gasteiger partial charge in [-0.05, 0) is 24.3 Å². The van der Waals surface area contributed by atoms with Gasteiger partial charge in [0, 0.05) is 11.6 Å². The normalized spacial score (nSPS) is 10.3. The van der Waals surface area contributed by atoms with E-state index in [0.717, 1.165) is 0 Å². The van der Waals surface area contributed by atoms with Gasteiger partial charge in [0.05, 0.1) is 20.8 Å². The highest BCUT2D eigenvalue weighted by Gasteiger charge is 2.11. The minimum absolute atomic E-state index is 0.253. The van der Waals surface area contributed by atoms with Gasteiger partial charge in [0.1, 0.15) is 11.5 Å². The maximum Gasteiger partial charge on any atom is 0.248 e. The highest BCUT2D eigenvalue weighted by Crippen LogP contribution is 2.37. The van der Waals surface area contributed by atoms with Crippen LogP contribution in [0.25, 0.3) is 0 Å². The molecule has 7 heteroatoms. The zero-order chi connectivity index (χ0) is 14.9. The third kappa shape index (κ3) is 3.10. The van der Waals surface area contributed by atoms with E-state index in [1.54, 1.807) is 0 Å². The molecule has 0 unspecified atom stereocenters. The molecule has 0 heterocycles. The van der Waals surface area contributed by atoms with Crippen LogP contribution in [0.5, 0.6) is 11.5 Å². The quantitative estimate of drug-likeness (QED) is 0.656.